The fraction of sp³-hybridized carbons (Fsp3) is 0.650. The van der Waals surface area contributed by atoms with Crippen LogP contribution in [0.1, 0.15) is 43.2 Å². The third-order valence-corrected chi connectivity index (χ3v) is 5.72. The van der Waals surface area contributed by atoms with Gasteiger partial charge in [-0.05, 0) is 49.9 Å². The number of carbonyl (C=O) groups is 1. The van der Waals surface area contributed by atoms with E-state index in [1.54, 1.807) is 0 Å². The summed E-state index contributed by atoms with van der Waals surface area (Å²) in [6.45, 7) is 5.53. The first kappa shape index (κ1) is 24.2. The van der Waals surface area contributed by atoms with Crippen LogP contribution < -0.4 is 11.1 Å². The second-order valence-electron chi connectivity index (χ2n) is 7.39. The molecule has 0 aromatic heterocycles. The minimum absolute atomic E-state index is 0. The average molecular weight is 418 g/mol. The van der Waals surface area contributed by atoms with Crippen molar-refractivity contribution < 1.29 is 9.53 Å². The van der Waals surface area contributed by atoms with Gasteiger partial charge in [0.05, 0.1) is 5.41 Å². The number of carbonyl (C=O) groups excluding carboxylic acids is 1. The van der Waals surface area contributed by atoms with Crippen LogP contribution in [0.25, 0.3) is 0 Å². The van der Waals surface area contributed by atoms with E-state index in [1.807, 2.05) is 6.07 Å². The topological polar surface area (TPSA) is 67.6 Å². The van der Waals surface area contributed by atoms with Crippen molar-refractivity contribution in [2.45, 2.75) is 45.2 Å². The van der Waals surface area contributed by atoms with E-state index in [9.17, 15) is 4.79 Å². The Bertz CT molecular complexity index is 574. The van der Waals surface area contributed by atoms with E-state index in [1.165, 1.54) is 43.5 Å². The smallest absolute Gasteiger partial charge is 0.227 e. The molecular formula is C20H33Cl2N3O2. The molecule has 0 atom stereocenters. The lowest BCUT2D eigenvalue weighted by atomic mass is 9.79. The summed E-state index contributed by atoms with van der Waals surface area (Å²) < 4.78 is 5.40. The van der Waals surface area contributed by atoms with Crippen molar-refractivity contribution in [3.8, 4) is 0 Å². The van der Waals surface area contributed by atoms with Crippen molar-refractivity contribution >= 4 is 30.7 Å². The molecule has 2 saturated heterocycles. The van der Waals surface area contributed by atoms with Crippen LogP contribution in [0.15, 0.2) is 24.3 Å². The van der Waals surface area contributed by atoms with Crippen LogP contribution in [0.2, 0.25) is 0 Å². The molecule has 27 heavy (non-hydrogen) atoms. The monoisotopic (exact) mass is 417 g/mol. The lowest BCUT2D eigenvalue weighted by molar-refractivity contribution is -0.136. The Morgan fingerprint density at radius 1 is 1.07 bits per heavy atom. The summed E-state index contributed by atoms with van der Waals surface area (Å²) >= 11 is 0. The van der Waals surface area contributed by atoms with Gasteiger partial charge in [-0.2, -0.15) is 0 Å². The second-order valence-corrected chi connectivity index (χ2v) is 7.39. The molecule has 1 amide bonds. The first-order chi connectivity index (χ1) is 12.2. The Labute approximate surface area is 175 Å². The van der Waals surface area contributed by atoms with Crippen molar-refractivity contribution in [2.75, 3.05) is 32.8 Å². The molecule has 0 saturated carbocycles. The van der Waals surface area contributed by atoms with Crippen molar-refractivity contribution in [3.63, 3.8) is 0 Å². The quantitative estimate of drug-likeness (QED) is 0.746. The highest BCUT2D eigenvalue weighted by Crippen LogP contribution is 2.29. The highest BCUT2D eigenvalue weighted by Gasteiger charge is 2.38. The van der Waals surface area contributed by atoms with Gasteiger partial charge in [0.15, 0.2) is 0 Å². The minimum Gasteiger partial charge on any atom is -0.381 e. The highest BCUT2D eigenvalue weighted by atomic mass is 35.5. The third kappa shape index (κ3) is 6.33. The largest absolute Gasteiger partial charge is 0.381 e. The van der Waals surface area contributed by atoms with E-state index < -0.39 is 5.41 Å². The van der Waals surface area contributed by atoms with Gasteiger partial charge in [-0.25, -0.2) is 0 Å². The number of hydrogen-bond acceptors (Lipinski definition) is 4. The van der Waals surface area contributed by atoms with Gasteiger partial charge in [0.1, 0.15) is 0 Å². The molecular weight excluding hydrogens is 385 g/mol. The number of halogens is 2. The molecule has 0 radical (unpaired) electrons. The van der Waals surface area contributed by atoms with Crippen LogP contribution in [-0.2, 0) is 22.6 Å². The number of benzene rings is 1. The summed E-state index contributed by atoms with van der Waals surface area (Å²) in [5, 5.41) is 3.15. The Hall–Kier alpha value is -0.850. The van der Waals surface area contributed by atoms with Gasteiger partial charge >= 0.3 is 0 Å². The maximum Gasteiger partial charge on any atom is 0.227 e. The number of ether oxygens (including phenoxy) is 1. The number of rotatable bonds is 6. The van der Waals surface area contributed by atoms with Gasteiger partial charge in [-0.15, -0.1) is 24.8 Å². The average Bonchev–Trinajstić information content (AvgIpc) is 2.68. The molecule has 2 aliphatic rings. The first-order valence-corrected chi connectivity index (χ1v) is 9.59. The zero-order chi connectivity index (χ0) is 17.5. The van der Waals surface area contributed by atoms with Gasteiger partial charge < -0.3 is 15.8 Å². The van der Waals surface area contributed by atoms with Gasteiger partial charge in [0.25, 0.3) is 0 Å². The lowest BCUT2D eigenvalue weighted by Gasteiger charge is -2.34. The number of nitrogens with one attached hydrogen (secondary N) is 1. The molecule has 0 bridgehead atoms. The van der Waals surface area contributed by atoms with E-state index in [4.69, 9.17) is 10.5 Å². The molecule has 0 unspecified atom stereocenters. The Morgan fingerprint density at radius 3 is 2.33 bits per heavy atom. The maximum atomic E-state index is 12.8. The summed E-state index contributed by atoms with van der Waals surface area (Å²) in [4.78, 5) is 15.3. The fourth-order valence-electron chi connectivity index (χ4n) is 3.89. The number of amides is 1. The van der Waals surface area contributed by atoms with Crippen molar-refractivity contribution in [3.05, 3.63) is 35.4 Å². The Kier molecular flexibility index (Phi) is 10.6. The molecule has 0 aliphatic carbocycles. The summed E-state index contributed by atoms with van der Waals surface area (Å²) in [5.41, 5.74) is 8.01. The number of nitrogens with two attached hydrogens (primary N) is 1. The highest BCUT2D eigenvalue weighted by molar-refractivity contribution is 5.85. The van der Waals surface area contributed by atoms with Crippen LogP contribution in [-0.4, -0.2) is 43.7 Å². The normalized spacial score (nSPS) is 19.4. The molecule has 7 heteroatoms. The van der Waals surface area contributed by atoms with E-state index >= 15 is 0 Å². The van der Waals surface area contributed by atoms with E-state index in [-0.39, 0.29) is 30.7 Å². The van der Waals surface area contributed by atoms with E-state index in [0.29, 0.717) is 39.1 Å². The van der Waals surface area contributed by atoms with Gasteiger partial charge in [-0.3, -0.25) is 9.69 Å². The molecule has 2 heterocycles. The summed E-state index contributed by atoms with van der Waals surface area (Å²) in [5.74, 6) is 0.0751. The zero-order valence-electron chi connectivity index (χ0n) is 16.0. The van der Waals surface area contributed by atoms with Crippen LogP contribution >= 0.6 is 24.8 Å². The summed E-state index contributed by atoms with van der Waals surface area (Å²) in [6.07, 6.45) is 5.36. The molecule has 3 N–H and O–H groups in total. The van der Waals surface area contributed by atoms with E-state index in [2.05, 4.69) is 28.4 Å². The number of likely N-dealkylation sites (tertiary alicyclic amines) is 1. The van der Waals surface area contributed by atoms with Crippen molar-refractivity contribution in [1.29, 1.82) is 0 Å². The SMILES string of the molecule is Cl.Cl.NCC1(C(=O)NCc2ccccc2CN2CCCCC2)CCOCC1. The summed E-state index contributed by atoms with van der Waals surface area (Å²) in [6, 6.07) is 8.45. The van der Waals surface area contributed by atoms with Crippen LogP contribution in [0.4, 0.5) is 0 Å². The van der Waals surface area contributed by atoms with Gasteiger partial charge in [0, 0.05) is 32.8 Å². The standard InChI is InChI=1S/C20H31N3O2.2ClH/c21-16-20(8-12-25-13-9-20)19(24)22-14-17-6-2-3-7-18(17)15-23-10-4-1-5-11-23;;/h2-3,6-7H,1,4-5,8-16,21H2,(H,22,24);2*1H. The third-order valence-electron chi connectivity index (χ3n) is 5.72. The van der Waals surface area contributed by atoms with Gasteiger partial charge in [0.2, 0.25) is 5.91 Å². The Balaban J connectivity index is 0.00000182. The lowest BCUT2D eigenvalue weighted by Crippen LogP contribution is -2.49. The fourth-order valence-corrected chi connectivity index (χ4v) is 3.89. The second kappa shape index (κ2) is 11.9. The first-order valence-electron chi connectivity index (χ1n) is 9.59. The maximum absolute atomic E-state index is 12.8. The summed E-state index contributed by atoms with van der Waals surface area (Å²) in [7, 11) is 0. The minimum atomic E-state index is -0.458. The molecule has 1 aromatic rings. The molecule has 2 fully saturated rings. The van der Waals surface area contributed by atoms with Crippen LogP contribution in [0, 0.1) is 5.41 Å². The number of nitrogens with zero attached hydrogens (tertiary/aromatic N) is 1. The molecule has 0 spiro atoms. The van der Waals surface area contributed by atoms with Crippen LogP contribution in [0.3, 0.4) is 0 Å². The number of piperidine rings is 1. The molecule has 1 aromatic carbocycles. The van der Waals surface area contributed by atoms with Crippen molar-refractivity contribution in [1.82, 2.24) is 10.2 Å². The van der Waals surface area contributed by atoms with E-state index in [0.717, 1.165) is 6.54 Å². The Morgan fingerprint density at radius 2 is 1.70 bits per heavy atom. The molecule has 154 valence electrons. The van der Waals surface area contributed by atoms with Gasteiger partial charge in [-0.1, -0.05) is 30.7 Å². The predicted octanol–water partition coefficient (Wildman–Crippen LogP) is 2.89. The van der Waals surface area contributed by atoms with Crippen LogP contribution in [0.5, 0.6) is 0 Å². The molecule has 2 aliphatic heterocycles. The molecule has 5 nitrogen and oxygen atoms in total. The zero-order valence-corrected chi connectivity index (χ0v) is 17.6. The molecule has 3 rings (SSSR count). The number of hydrogen-bond donors (Lipinski definition) is 2. The van der Waals surface area contributed by atoms with Crippen molar-refractivity contribution in [2.24, 2.45) is 11.1 Å². The predicted molar refractivity (Wildman–Crippen MR) is 113 cm³/mol.